The molecule has 3 heteroatoms. The summed E-state index contributed by atoms with van der Waals surface area (Å²) in [5, 5.41) is 2.97. The van der Waals surface area contributed by atoms with Gasteiger partial charge in [-0.3, -0.25) is 4.79 Å². The highest BCUT2D eigenvalue weighted by Gasteiger charge is 2.16. The Hall–Kier alpha value is -1.77. The van der Waals surface area contributed by atoms with E-state index in [0.29, 0.717) is 12.3 Å². The average molecular weight is 243 g/mol. The van der Waals surface area contributed by atoms with Gasteiger partial charge in [0, 0.05) is 18.5 Å². The summed E-state index contributed by atoms with van der Waals surface area (Å²) < 4.78 is 5.44. The van der Waals surface area contributed by atoms with Crippen molar-refractivity contribution in [2.24, 2.45) is 5.92 Å². The predicted octanol–water partition coefficient (Wildman–Crippen LogP) is 2.92. The maximum atomic E-state index is 11.9. The first-order chi connectivity index (χ1) is 8.81. The van der Waals surface area contributed by atoms with Crippen molar-refractivity contribution >= 4 is 11.6 Å². The van der Waals surface area contributed by atoms with Crippen LogP contribution in [0.2, 0.25) is 0 Å². The quantitative estimate of drug-likeness (QED) is 0.829. The molecule has 1 aromatic carbocycles. The van der Waals surface area contributed by atoms with Crippen LogP contribution in [0, 0.1) is 5.92 Å². The summed E-state index contributed by atoms with van der Waals surface area (Å²) in [6, 6.07) is 5.87. The van der Waals surface area contributed by atoms with E-state index in [9.17, 15) is 4.79 Å². The van der Waals surface area contributed by atoms with E-state index in [0.717, 1.165) is 37.3 Å². The van der Waals surface area contributed by atoms with E-state index in [2.05, 4.69) is 17.5 Å². The molecule has 1 aromatic rings. The molecule has 0 saturated heterocycles. The van der Waals surface area contributed by atoms with Crippen LogP contribution in [0.25, 0.3) is 0 Å². The number of rotatable bonds is 3. The largest absolute Gasteiger partial charge is 0.493 e. The molecule has 0 saturated carbocycles. The molecule has 1 unspecified atom stereocenters. The number of anilines is 1. The van der Waals surface area contributed by atoms with Gasteiger partial charge < -0.3 is 10.1 Å². The second kappa shape index (κ2) is 4.84. The van der Waals surface area contributed by atoms with Crippen LogP contribution >= 0.6 is 0 Å². The maximum absolute atomic E-state index is 11.9. The van der Waals surface area contributed by atoms with Crippen LogP contribution in [-0.2, 0) is 11.2 Å². The lowest BCUT2D eigenvalue weighted by molar-refractivity contribution is -0.116. The Bertz CT molecular complexity index is 493. The fourth-order valence-corrected chi connectivity index (χ4v) is 2.58. The second-order valence-corrected chi connectivity index (χ2v) is 4.94. The fourth-order valence-electron chi connectivity index (χ4n) is 2.58. The zero-order valence-corrected chi connectivity index (χ0v) is 10.3. The number of benzene rings is 1. The molecule has 1 N–H and O–H groups in total. The van der Waals surface area contributed by atoms with Crippen LogP contribution in [0.1, 0.15) is 24.8 Å². The molecule has 3 nitrogen and oxygen atoms in total. The lowest BCUT2D eigenvalue weighted by Gasteiger charge is -2.09. The number of hydrogen-bond acceptors (Lipinski definition) is 2. The van der Waals surface area contributed by atoms with Gasteiger partial charge in [0.15, 0.2) is 0 Å². The van der Waals surface area contributed by atoms with Gasteiger partial charge in [-0.2, -0.15) is 0 Å². The maximum Gasteiger partial charge on any atom is 0.224 e. The first kappa shape index (κ1) is 11.3. The Labute approximate surface area is 107 Å². The fraction of sp³-hybridized carbons (Fsp3) is 0.400. The highest BCUT2D eigenvalue weighted by atomic mass is 16.5. The SMILES string of the molecule is O=C(CC1C=CCC1)Nc1ccc2c(c1)CCO2. The third-order valence-electron chi connectivity index (χ3n) is 3.53. The Morgan fingerprint density at radius 2 is 2.39 bits per heavy atom. The van der Waals surface area contributed by atoms with E-state index < -0.39 is 0 Å². The summed E-state index contributed by atoms with van der Waals surface area (Å²) in [6.45, 7) is 0.750. The lowest BCUT2D eigenvalue weighted by atomic mass is 10.0. The predicted molar refractivity (Wildman–Crippen MR) is 70.8 cm³/mol. The van der Waals surface area contributed by atoms with Gasteiger partial charge in [0.25, 0.3) is 0 Å². The molecule has 0 spiro atoms. The van der Waals surface area contributed by atoms with Gasteiger partial charge in [0.1, 0.15) is 5.75 Å². The zero-order chi connectivity index (χ0) is 12.4. The molecule has 2 aliphatic rings. The first-order valence-electron chi connectivity index (χ1n) is 6.53. The molecule has 0 aromatic heterocycles. The van der Waals surface area contributed by atoms with E-state index >= 15 is 0 Å². The number of allylic oxidation sites excluding steroid dienone is 2. The van der Waals surface area contributed by atoms with Crippen LogP contribution in [-0.4, -0.2) is 12.5 Å². The summed E-state index contributed by atoms with van der Waals surface area (Å²) in [7, 11) is 0. The summed E-state index contributed by atoms with van der Waals surface area (Å²) in [4.78, 5) is 11.9. The molecule has 3 rings (SSSR count). The molecule has 94 valence electrons. The number of carbonyl (C=O) groups is 1. The number of ether oxygens (including phenoxy) is 1. The summed E-state index contributed by atoms with van der Waals surface area (Å²) >= 11 is 0. The third kappa shape index (κ3) is 2.40. The number of hydrogen-bond donors (Lipinski definition) is 1. The first-order valence-corrected chi connectivity index (χ1v) is 6.53. The Morgan fingerprint density at radius 1 is 1.44 bits per heavy atom. The molecule has 0 fully saturated rings. The van der Waals surface area contributed by atoms with E-state index in [1.54, 1.807) is 0 Å². The Kier molecular flexibility index (Phi) is 3.05. The van der Waals surface area contributed by atoms with Crippen molar-refractivity contribution in [3.05, 3.63) is 35.9 Å². The smallest absolute Gasteiger partial charge is 0.224 e. The van der Waals surface area contributed by atoms with E-state index in [1.165, 1.54) is 5.56 Å². The van der Waals surface area contributed by atoms with Gasteiger partial charge in [-0.15, -0.1) is 0 Å². The molecule has 1 amide bonds. The van der Waals surface area contributed by atoms with Crippen molar-refractivity contribution in [2.75, 3.05) is 11.9 Å². The highest BCUT2D eigenvalue weighted by Crippen LogP contribution is 2.28. The van der Waals surface area contributed by atoms with Crippen LogP contribution < -0.4 is 10.1 Å². The molecule has 1 atom stereocenters. The normalized spacial score (nSPS) is 20.6. The monoisotopic (exact) mass is 243 g/mol. The third-order valence-corrected chi connectivity index (χ3v) is 3.53. The van der Waals surface area contributed by atoms with Crippen molar-refractivity contribution in [3.8, 4) is 5.75 Å². The Balaban J connectivity index is 1.61. The number of nitrogens with one attached hydrogen (secondary N) is 1. The molecular formula is C15H17NO2. The number of amides is 1. The number of carbonyl (C=O) groups excluding carboxylic acids is 1. The molecule has 0 radical (unpaired) electrons. The van der Waals surface area contributed by atoms with Gasteiger partial charge in [0.2, 0.25) is 5.91 Å². The standard InChI is InChI=1S/C15H17NO2/c17-15(9-11-3-1-2-4-11)16-13-5-6-14-12(10-13)7-8-18-14/h1,3,5-6,10-11H,2,4,7-9H2,(H,16,17). The molecule has 1 heterocycles. The Morgan fingerprint density at radius 3 is 3.22 bits per heavy atom. The van der Waals surface area contributed by atoms with Crippen LogP contribution in [0.3, 0.4) is 0 Å². The van der Waals surface area contributed by atoms with Gasteiger partial charge in [-0.1, -0.05) is 12.2 Å². The highest BCUT2D eigenvalue weighted by molar-refractivity contribution is 5.91. The summed E-state index contributed by atoms with van der Waals surface area (Å²) in [6.07, 6.45) is 8.04. The van der Waals surface area contributed by atoms with Crippen molar-refractivity contribution in [1.29, 1.82) is 0 Å². The van der Waals surface area contributed by atoms with E-state index in [-0.39, 0.29) is 5.91 Å². The molecule has 0 bridgehead atoms. The second-order valence-electron chi connectivity index (χ2n) is 4.94. The minimum Gasteiger partial charge on any atom is -0.493 e. The number of fused-ring (bicyclic) bond motifs is 1. The zero-order valence-electron chi connectivity index (χ0n) is 10.3. The van der Waals surface area contributed by atoms with Crippen LogP contribution in [0.15, 0.2) is 30.4 Å². The van der Waals surface area contributed by atoms with Crippen molar-refractivity contribution < 1.29 is 9.53 Å². The molecular weight excluding hydrogens is 226 g/mol. The van der Waals surface area contributed by atoms with E-state index in [1.807, 2.05) is 18.2 Å². The van der Waals surface area contributed by atoms with Gasteiger partial charge >= 0.3 is 0 Å². The van der Waals surface area contributed by atoms with E-state index in [4.69, 9.17) is 4.74 Å². The summed E-state index contributed by atoms with van der Waals surface area (Å²) in [5.74, 6) is 1.47. The molecule has 1 aliphatic carbocycles. The van der Waals surface area contributed by atoms with Crippen molar-refractivity contribution in [3.63, 3.8) is 0 Å². The topological polar surface area (TPSA) is 38.3 Å². The lowest BCUT2D eigenvalue weighted by Crippen LogP contribution is -2.14. The minimum atomic E-state index is 0.102. The molecule has 18 heavy (non-hydrogen) atoms. The van der Waals surface area contributed by atoms with Crippen molar-refractivity contribution in [2.45, 2.75) is 25.7 Å². The van der Waals surface area contributed by atoms with Crippen LogP contribution in [0.5, 0.6) is 5.75 Å². The van der Waals surface area contributed by atoms with Crippen molar-refractivity contribution in [1.82, 2.24) is 0 Å². The average Bonchev–Trinajstić information content (AvgIpc) is 2.98. The van der Waals surface area contributed by atoms with Crippen LogP contribution in [0.4, 0.5) is 5.69 Å². The van der Waals surface area contributed by atoms with Gasteiger partial charge in [-0.25, -0.2) is 0 Å². The summed E-state index contributed by atoms with van der Waals surface area (Å²) in [5.41, 5.74) is 2.07. The molecule has 1 aliphatic heterocycles. The van der Waals surface area contributed by atoms with Gasteiger partial charge in [0.05, 0.1) is 6.61 Å². The van der Waals surface area contributed by atoms with Gasteiger partial charge in [-0.05, 0) is 42.5 Å². The minimum absolute atomic E-state index is 0.102.